The first kappa shape index (κ1) is 23.5. The second-order valence-electron chi connectivity index (χ2n) is 2.05. The second kappa shape index (κ2) is 29.3. The molecule has 0 bridgehead atoms. The maximum Gasteiger partial charge on any atom is 2.00 e. The summed E-state index contributed by atoms with van der Waals surface area (Å²) in [6, 6.07) is 0. The fraction of sp³-hybridized carbons (Fsp3) is 0.667. The van der Waals surface area contributed by atoms with E-state index in [1.165, 1.54) is 12.8 Å². The molecule has 84 valence electrons. The number of thiol groups is 1. The van der Waals surface area contributed by atoms with Gasteiger partial charge in [0.25, 0.3) is 0 Å². The molecule has 0 aromatic carbocycles. The smallest absolute Gasteiger partial charge is 0.385 e. The van der Waals surface area contributed by atoms with E-state index in [2.05, 4.69) is 52.5 Å². The topological polar surface area (TPSA) is 26.0 Å². The van der Waals surface area contributed by atoms with E-state index in [-0.39, 0.29) is 20.8 Å². The van der Waals surface area contributed by atoms with Gasteiger partial charge in [-0.15, -0.1) is 12.6 Å². The van der Waals surface area contributed by atoms with Gasteiger partial charge >= 0.3 is 16.5 Å². The van der Waals surface area contributed by atoms with Crippen molar-refractivity contribution in [3.63, 3.8) is 0 Å². The van der Waals surface area contributed by atoms with E-state index < -0.39 is 0 Å². The van der Waals surface area contributed by atoms with Crippen molar-refractivity contribution >= 4 is 29.2 Å². The molecule has 0 rings (SSSR count). The molecule has 4 heteroatoms. The molecule has 0 radical (unpaired) electrons. The zero-order valence-electron chi connectivity index (χ0n) is 8.49. The first-order valence-electron chi connectivity index (χ1n) is 4.13. The minimum Gasteiger partial charge on any atom is -0.385 e. The molecule has 0 aromatic rings. The predicted molar refractivity (Wildman–Crippen MR) is 66.3 cm³/mol. The van der Waals surface area contributed by atoms with Gasteiger partial charge in [-0.3, -0.25) is 0 Å². The average molecular weight is 266 g/mol. The molecular weight excluding hydrogens is 245 g/mol. The van der Waals surface area contributed by atoms with Crippen molar-refractivity contribution in [2.24, 2.45) is 5.73 Å². The minimum atomic E-state index is 0. The number of rotatable bonds is 2. The van der Waals surface area contributed by atoms with Gasteiger partial charge in [-0.1, -0.05) is 38.9 Å². The minimum absolute atomic E-state index is 0. The third-order valence-electron chi connectivity index (χ3n) is 0.707. The van der Waals surface area contributed by atoms with Crippen LogP contribution in [0.1, 0.15) is 39.5 Å². The Bertz CT molecular complexity index is 68.0. The molecule has 0 fully saturated rings. The number of thiocarbonyl (C=S) groups is 1. The fourth-order valence-corrected chi connectivity index (χ4v) is 0. The number of hydrogen-bond donors (Lipinski definition) is 2. The van der Waals surface area contributed by atoms with Gasteiger partial charge in [-0.25, -0.2) is 0 Å². The molecular formula is C9H21NNiS2. The van der Waals surface area contributed by atoms with Gasteiger partial charge in [0.2, 0.25) is 0 Å². The molecule has 0 spiro atoms. The van der Waals surface area contributed by atoms with Gasteiger partial charge < -0.3 is 19.6 Å². The summed E-state index contributed by atoms with van der Waals surface area (Å²) in [6.45, 7) is 11.4. The van der Waals surface area contributed by atoms with Crippen LogP contribution in [0, 0.1) is 13.8 Å². The maximum atomic E-state index is 4.71. The van der Waals surface area contributed by atoms with E-state index in [1.807, 2.05) is 0 Å². The molecule has 2 N–H and O–H groups in total. The standard InChI is InChI=1S/2C4H9.CH3NS2.Ni/c2*1-3-4-2;2-1(3)4;/h2*1,3-4H2,2H3;(H3,2,3,4);/q2*-1;;+2. The van der Waals surface area contributed by atoms with Crippen LogP contribution in [-0.2, 0) is 16.5 Å². The summed E-state index contributed by atoms with van der Waals surface area (Å²) in [6.07, 6.45) is 4.56. The third-order valence-corrected chi connectivity index (χ3v) is 0.707. The van der Waals surface area contributed by atoms with Crippen LogP contribution in [0.4, 0.5) is 0 Å². The molecule has 0 atom stereocenters. The summed E-state index contributed by atoms with van der Waals surface area (Å²) in [4.78, 5) is 0. The zero-order chi connectivity index (χ0) is 10.4. The first-order valence-corrected chi connectivity index (χ1v) is 4.99. The molecule has 0 saturated heterocycles. The second-order valence-corrected chi connectivity index (χ2v) is 3.27. The van der Waals surface area contributed by atoms with Crippen LogP contribution < -0.4 is 5.73 Å². The van der Waals surface area contributed by atoms with Crippen molar-refractivity contribution in [3.05, 3.63) is 13.8 Å². The van der Waals surface area contributed by atoms with Crippen LogP contribution in [0.25, 0.3) is 0 Å². The normalized spacial score (nSPS) is 6.54. The summed E-state index contributed by atoms with van der Waals surface area (Å²) >= 11 is 7.65. The van der Waals surface area contributed by atoms with E-state index >= 15 is 0 Å². The third kappa shape index (κ3) is 196. The Morgan fingerprint density at radius 2 is 1.31 bits per heavy atom. The van der Waals surface area contributed by atoms with E-state index in [0.29, 0.717) is 0 Å². The molecule has 0 heterocycles. The van der Waals surface area contributed by atoms with Crippen molar-refractivity contribution in [3.8, 4) is 0 Å². The van der Waals surface area contributed by atoms with Crippen molar-refractivity contribution in [1.82, 2.24) is 0 Å². The molecule has 0 aromatic heterocycles. The molecule has 0 amide bonds. The van der Waals surface area contributed by atoms with Gasteiger partial charge in [-0.2, -0.15) is 12.8 Å². The molecule has 13 heavy (non-hydrogen) atoms. The summed E-state index contributed by atoms with van der Waals surface area (Å²) in [7, 11) is 0. The Morgan fingerprint density at radius 1 is 1.23 bits per heavy atom. The summed E-state index contributed by atoms with van der Waals surface area (Å²) in [5.41, 5.74) is 4.71. The maximum absolute atomic E-state index is 4.71. The van der Waals surface area contributed by atoms with Crippen LogP contribution >= 0.6 is 24.8 Å². The van der Waals surface area contributed by atoms with Crippen molar-refractivity contribution in [2.75, 3.05) is 0 Å². The first-order chi connectivity index (χ1) is 5.56. The van der Waals surface area contributed by atoms with Crippen molar-refractivity contribution in [1.29, 1.82) is 0 Å². The van der Waals surface area contributed by atoms with Crippen LogP contribution in [0.15, 0.2) is 0 Å². The number of hydrogen-bond acceptors (Lipinski definition) is 1. The van der Waals surface area contributed by atoms with Gasteiger partial charge in [0.15, 0.2) is 0 Å². The Hall–Kier alpha value is 0.734. The van der Waals surface area contributed by atoms with Crippen LogP contribution in [0.2, 0.25) is 0 Å². The molecule has 0 saturated carbocycles. The van der Waals surface area contributed by atoms with Gasteiger partial charge in [0.1, 0.15) is 4.32 Å². The van der Waals surface area contributed by atoms with E-state index in [4.69, 9.17) is 5.73 Å². The Labute approximate surface area is 105 Å². The molecule has 0 unspecified atom stereocenters. The molecule has 0 aliphatic carbocycles. The van der Waals surface area contributed by atoms with Crippen LogP contribution in [-0.4, -0.2) is 4.32 Å². The van der Waals surface area contributed by atoms with Gasteiger partial charge in [0, 0.05) is 0 Å². The summed E-state index contributed by atoms with van der Waals surface area (Å²) in [5.74, 6) is 0. The zero-order valence-corrected chi connectivity index (χ0v) is 11.2. The molecule has 0 aliphatic heterocycles. The average Bonchev–Trinajstić information content (AvgIpc) is 2.03. The summed E-state index contributed by atoms with van der Waals surface area (Å²) in [5, 5.41) is 0. The fourth-order valence-electron chi connectivity index (χ4n) is 0. The largest absolute Gasteiger partial charge is 2.00 e. The van der Waals surface area contributed by atoms with Crippen LogP contribution in [0.5, 0.6) is 0 Å². The van der Waals surface area contributed by atoms with Crippen LogP contribution in [0.3, 0.4) is 0 Å². The van der Waals surface area contributed by atoms with E-state index in [9.17, 15) is 0 Å². The van der Waals surface area contributed by atoms with E-state index in [0.717, 1.165) is 12.8 Å². The van der Waals surface area contributed by atoms with Crippen molar-refractivity contribution in [2.45, 2.75) is 39.5 Å². The Balaban J connectivity index is -0.0000000450. The Morgan fingerprint density at radius 3 is 1.31 bits per heavy atom. The Kier molecular flexibility index (Phi) is 53.0. The number of unbranched alkanes of at least 4 members (excludes halogenated alkanes) is 2. The molecule has 1 nitrogen and oxygen atoms in total. The van der Waals surface area contributed by atoms with Gasteiger partial charge in [-0.05, 0) is 0 Å². The predicted octanol–water partition coefficient (Wildman–Crippen LogP) is 3.40. The monoisotopic (exact) mass is 265 g/mol. The quantitative estimate of drug-likeness (QED) is 0.347. The molecule has 0 aliphatic rings. The van der Waals surface area contributed by atoms with Gasteiger partial charge in [0.05, 0.1) is 0 Å². The SMILES string of the molecule is NC(=S)S.[CH2-]CCC.[CH2-]CCC.[Ni+2]. The van der Waals surface area contributed by atoms with Crippen molar-refractivity contribution < 1.29 is 16.5 Å². The number of nitrogens with two attached hydrogens (primary N) is 1. The summed E-state index contributed by atoms with van der Waals surface area (Å²) < 4.78 is 0.194. The van der Waals surface area contributed by atoms with E-state index in [1.54, 1.807) is 0 Å².